The van der Waals surface area contributed by atoms with Gasteiger partial charge in [0.1, 0.15) is 0 Å². The number of carboxylic acids is 1. The van der Waals surface area contributed by atoms with Gasteiger partial charge in [-0.2, -0.15) is 0 Å². The molecule has 0 heterocycles. The highest BCUT2D eigenvalue weighted by Gasteiger charge is 2.64. The van der Waals surface area contributed by atoms with Crippen molar-refractivity contribution in [2.45, 2.75) is 119 Å². The number of aliphatic hydroxyl groups is 1. The molecule has 0 radical (unpaired) electrons. The molecule has 4 unspecified atom stereocenters. The van der Waals surface area contributed by atoms with E-state index < -0.39 is 5.97 Å². The van der Waals surface area contributed by atoms with Crippen molar-refractivity contribution in [1.29, 1.82) is 0 Å². The summed E-state index contributed by atoms with van der Waals surface area (Å²) in [5.41, 5.74) is 5.00. The number of carboxylic acid groups (broad SMARTS) is 1. The van der Waals surface area contributed by atoms with E-state index in [9.17, 15) is 15.0 Å². The summed E-state index contributed by atoms with van der Waals surface area (Å²) in [7, 11) is 0. The van der Waals surface area contributed by atoms with Gasteiger partial charge in [-0.15, -0.1) is 0 Å². The molecule has 2 saturated carbocycles. The molecule has 2 fully saturated rings. The van der Waals surface area contributed by atoms with Crippen LogP contribution in [0.4, 0.5) is 0 Å². The van der Waals surface area contributed by atoms with Gasteiger partial charge in [-0.3, -0.25) is 4.79 Å². The summed E-state index contributed by atoms with van der Waals surface area (Å²) in [5.74, 6) is -0.0420. The number of hydrogen-bond donors (Lipinski definition) is 2. The second kappa shape index (κ2) is 8.25. The highest BCUT2D eigenvalue weighted by molar-refractivity contribution is 5.70. The Morgan fingerprint density at radius 2 is 1.70 bits per heavy atom. The smallest absolute Gasteiger partial charge is 0.306 e. The molecular weight excluding hydrogens is 408 g/mol. The first-order chi connectivity index (χ1) is 15.3. The molecule has 0 saturated heterocycles. The van der Waals surface area contributed by atoms with Crippen molar-refractivity contribution in [3.8, 4) is 0 Å². The van der Waals surface area contributed by atoms with Gasteiger partial charge in [-0.1, -0.05) is 57.4 Å². The Balaban J connectivity index is 1.69. The lowest BCUT2D eigenvalue weighted by atomic mass is 9.43. The van der Waals surface area contributed by atoms with Crippen molar-refractivity contribution in [1.82, 2.24) is 0 Å². The van der Waals surface area contributed by atoms with E-state index in [4.69, 9.17) is 0 Å². The second-order valence-electron chi connectivity index (χ2n) is 13.5. The van der Waals surface area contributed by atoms with Gasteiger partial charge in [0.05, 0.1) is 12.0 Å². The van der Waals surface area contributed by atoms with Crippen LogP contribution >= 0.6 is 0 Å². The molecule has 0 amide bonds. The molecule has 0 aromatic carbocycles. The minimum absolute atomic E-state index is 0.0370. The lowest BCUT2D eigenvalue weighted by Gasteiger charge is -2.62. The highest BCUT2D eigenvalue weighted by Crippen LogP contribution is 2.72. The Hall–Kier alpha value is -1.09. The highest BCUT2D eigenvalue weighted by atomic mass is 16.4. The van der Waals surface area contributed by atoms with Gasteiger partial charge in [0.15, 0.2) is 0 Å². The summed E-state index contributed by atoms with van der Waals surface area (Å²) < 4.78 is 0. The van der Waals surface area contributed by atoms with Crippen LogP contribution in [0, 0.1) is 39.4 Å². The molecular formula is C30H48O3. The van der Waals surface area contributed by atoms with Gasteiger partial charge in [0, 0.05) is 0 Å². The third kappa shape index (κ3) is 3.58. The van der Waals surface area contributed by atoms with E-state index in [2.05, 4.69) is 54.5 Å². The molecule has 0 aliphatic heterocycles. The van der Waals surface area contributed by atoms with E-state index in [-0.39, 0.29) is 39.6 Å². The third-order valence-corrected chi connectivity index (χ3v) is 11.6. The Labute approximate surface area is 202 Å². The standard InChI is InChI=1S/C30H48O3/c1-19(2)9-8-10-20(26(32)33)21-13-17-30(7)23-11-12-24-27(3,4)25(31)15-16-28(24,5)22(23)14-18-29(21,30)6/h9,20-21,24-25,31H,8,10-18H2,1-7H3,(H,32,33)/t20?,21?,24?,25?,28-,29+,30-/m1/s1. The summed E-state index contributed by atoms with van der Waals surface area (Å²) in [4.78, 5) is 12.5. The molecule has 7 atom stereocenters. The second-order valence-corrected chi connectivity index (χ2v) is 13.5. The van der Waals surface area contributed by atoms with Crippen molar-refractivity contribution >= 4 is 5.97 Å². The first kappa shape index (κ1) is 25.0. The van der Waals surface area contributed by atoms with Crippen LogP contribution in [0.5, 0.6) is 0 Å². The number of hydrogen-bond acceptors (Lipinski definition) is 2. The normalized spacial score (nSPS) is 42.7. The molecule has 33 heavy (non-hydrogen) atoms. The van der Waals surface area contributed by atoms with E-state index in [0.717, 1.165) is 57.8 Å². The fourth-order valence-corrected chi connectivity index (χ4v) is 9.41. The predicted molar refractivity (Wildman–Crippen MR) is 135 cm³/mol. The van der Waals surface area contributed by atoms with Crippen LogP contribution in [-0.4, -0.2) is 22.3 Å². The van der Waals surface area contributed by atoms with E-state index >= 15 is 0 Å². The summed E-state index contributed by atoms with van der Waals surface area (Å²) in [6, 6.07) is 0. The van der Waals surface area contributed by atoms with Crippen LogP contribution in [0.25, 0.3) is 0 Å². The van der Waals surface area contributed by atoms with Crippen LogP contribution in [0.3, 0.4) is 0 Å². The van der Waals surface area contributed by atoms with E-state index in [1.54, 1.807) is 11.1 Å². The maximum atomic E-state index is 12.5. The Kier molecular flexibility index (Phi) is 6.25. The zero-order chi connectivity index (χ0) is 24.4. The number of allylic oxidation sites excluding steroid dienone is 4. The summed E-state index contributed by atoms with van der Waals surface area (Å²) >= 11 is 0. The lowest BCUT2D eigenvalue weighted by molar-refractivity contribution is -0.146. The molecule has 0 aromatic heterocycles. The molecule has 4 aliphatic rings. The molecule has 4 rings (SSSR count). The van der Waals surface area contributed by atoms with Crippen molar-refractivity contribution in [2.75, 3.05) is 0 Å². The maximum Gasteiger partial charge on any atom is 0.306 e. The molecule has 0 aromatic rings. The quantitative estimate of drug-likeness (QED) is 0.420. The van der Waals surface area contributed by atoms with E-state index in [0.29, 0.717) is 5.92 Å². The number of aliphatic hydroxyl groups excluding tert-OH is 1. The van der Waals surface area contributed by atoms with E-state index in [1.807, 2.05) is 0 Å². The molecule has 0 spiro atoms. The zero-order valence-corrected chi connectivity index (χ0v) is 22.3. The number of carbonyl (C=O) groups is 1. The Morgan fingerprint density at radius 1 is 1.00 bits per heavy atom. The largest absolute Gasteiger partial charge is 0.481 e. The average molecular weight is 457 g/mol. The van der Waals surface area contributed by atoms with Gasteiger partial charge in [0.25, 0.3) is 0 Å². The lowest BCUT2D eigenvalue weighted by Crippen LogP contribution is -2.55. The maximum absolute atomic E-state index is 12.5. The fourth-order valence-electron chi connectivity index (χ4n) is 9.41. The predicted octanol–water partition coefficient (Wildman–Crippen LogP) is 7.54. The van der Waals surface area contributed by atoms with Crippen LogP contribution in [0.1, 0.15) is 113 Å². The van der Waals surface area contributed by atoms with Crippen molar-refractivity contribution in [2.24, 2.45) is 39.4 Å². The van der Waals surface area contributed by atoms with Crippen LogP contribution in [0.2, 0.25) is 0 Å². The SMILES string of the molecule is CC(C)=CCCC(C(=O)O)C1CC[C@]2(C)C3=C(CC[C@@]12C)[C@@]1(C)CCC(O)C(C)(C)C1CC3. The summed E-state index contributed by atoms with van der Waals surface area (Å²) in [6.45, 7) is 16.2. The fraction of sp³-hybridized carbons (Fsp3) is 0.833. The van der Waals surface area contributed by atoms with Gasteiger partial charge < -0.3 is 10.2 Å². The number of rotatable bonds is 5. The molecule has 0 bridgehead atoms. The molecule has 2 N–H and O–H groups in total. The summed E-state index contributed by atoms with van der Waals surface area (Å²) in [5, 5.41) is 21.0. The van der Waals surface area contributed by atoms with Gasteiger partial charge in [-0.05, 0) is 112 Å². The van der Waals surface area contributed by atoms with Gasteiger partial charge in [0.2, 0.25) is 0 Å². The van der Waals surface area contributed by atoms with Crippen LogP contribution < -0.4 is 0 Å². The van der Waals surface area contributed by atoms with Gasteiger partial charge in [-0.25, -0.2) is 0 Å². The minimum atomic E-state index is -0.592. The molecule has 3 nitrogen and oxygen atoms in total. The first-order valence-corrected chi connectivity index (χ1v) is 13.6. The first-order valence-electron chi connectivity index (χ1n) is 13.6. The van der Waals surface area contributed by atoms with Crippen molar-refractivity contribution in [3.63, 3.8) is 0 Å². The molecule has 186 valence electrons. The van der Waals surface area contributed by atoms with Crippen molar-refractivity contribution < 1.29 is 15.0 Å². The Morgan fingerprint density at radius 3 is 2.33 bits per heavy atom. The monoisotopic (exact) mass is 456 g/mol. The third-order valence-electron chi connectivity index (χ3n) is 11.6. The van der Waals surface area contributed by atoms with E-state index in [1.165, 1.54) is 12.0 Å². The van der Waals surface area contributed by atoms with Crippen molar-refractivity contribution in [3.05, 3.63) is 22.8 Å². The van der Waals surface area contributed by atoms with Crippen LogP contribution in [-0.2, 0) is 4.79 Å². The zero-order valence-electron chi connectivity index (χ0n) is 22.3. The van der Waals surface area contributed by atoms with Crippen LogP contribution in [0.15, 0.2) is 22.8 Å². The Bertz CT molecular complexity index is 862. The topological polar surface area (TPSA) is 57.5 Å². The minimum Gasteiger partial charge on any atom is -0.481 e. The molecule has 4 aliphatic carbocycles. The summed E-state index contributed by atoms with van der Waals surface area (Å²) in [6.07, 6.45) is 12.3. The average Bonchev–Trinajstić information content (AvgIpc) is 3.00. The number of fused-ring (bicyclic) bond motifs is 4. The van der Waals surface area contributed by atoms with Gasteiger partial charge >= 0.3 is 5.97 Å². The number of aliphatic carboxylic acids is 1. The molecule has 3 heteroatoms.